The molecule has 1 N–H and O–H groups in total. The summed E-state index contributed by atoms with van der Waals surface area (Å²) in [6, 6.07) is 14.6. The predicted molar refractivity (Wildman–Crippen MR) is 213 cm³/mol. The number of carbonyl (C=O) groups excluding carboxylic acids is 3. The second-order valence-electron chi connectivity index (χ2n) is 14.5. The molecule has 0 atom stereocenters. The minimum absolute atomic E-state index is 0. The van der Waals surface area contributed by atoms with Gasteiger partial charge >= 0.3 is 12.2 Å². The van der Waals surface area contributed by atoms with Crippen molar-refractivity contribution in [3.63, 3.8) is 0 Å². The van der Waals surface area contributed by atoms with E-state index in [1.165, 1.54) is 0 Å². The van der Waals surface area contributed by atoms with Crippen LogP contribution in [-0.4, -0.2) is 116 Å². The maximum atomic E-state index is 12.2. The molecule has 2 amide bonds. The summed E-state index contributed by atoms with van der Waals surface area (Å²) in [5, 5.41) is 12.8. The highest BCUT2D eigenvalue weighted by Crippen LogP contribution is 2.22. The van der Waals surface area contributed by atoms with E-state index in [4.69, 9.17) is 32.7 Å². The number of aromatic nitrogens is 4. The molecule has 4 aromatic rings. The Morgan fingerprint density at radius 3 is 1.70 bits per heavy atom. The van der Waals surface area contributed by atoms with Crippen molar-refractivity contribution in [2.45, 2.75) is 66.7 Å². The van der Waals surface area contributed by atoms with Gasteiger partial charge in [-0.25, -0.2) is 19.0 Å². The Balaban J connectivity index is 0.000000237. The molecule has 0 saturated carbocycles. The van der Waals surface area contributed by atoms with Gasteiger partial charge in [0.05, 0.1) is 11.4 Å². The molecule has 6 rings (SSSR count). The van der Waals surface area contributed by atoms with E-state index in [2.05, 4.69) is 20.4 Å². The Morgan fingerprint density at radius 2 is 1.22 bits per heavy atom. The number of hydrogen-bond donors (Lipinski definition) is 1. The Hall–Kier alpha value is -4.43. The Morgan fingerprint density at radius 1 is 0.741 bits per heavy atom. The zero-order valence-corrected chi connectivity index (χ0v) is 32.8. The number of nitrogens with zero attached hydrogens (tertiary/aromatic N) is 7. The first kappa shape index (κ1) is 44.0. The first-order chi connectivity index (χ1) is 25.1. The average molecular weight is 786 g/mol. The molecule has 2 aromatic carbocycles. The lowest BCUT2D eigenvalue weighted by Gasteiger charge is -2.35. The lowest BCUT2D eigenvalue weighted by Crippen LogP contribution is -2.49. The molecule has 0 bridgehead atoms. The van der Waals surface area contributed by atoms with Crippen molar-refractivity contribution in [2.75, 3.05) is 52.4 Å². The molecule has 2 aliphatic heterocycles. The Bertz CT molecular complexity index is 1760. The van der Waals surface area contributed by atoms with E-state index >= 15 is 0 Å². The zero-order valence-electron chi connectivity index (χ0n) is 31.3. The fourth-order valence-electron chi connectivity index (χ4n) is 5.35. The van der Waals surface area contributed by atoms with Gasteiger partial charge in [0.25, 0.3) is 0 Å². The summed E-state index contributed by atoms with van der Waals surface area (Å²) < 4.78 is 14.1. The minimum atomic E-state index is -0.462. The Labute approximate surface area is 329 Å². The van der Waals surface area contributed by atoms with Crippen LogP contribution in [0.1, 0.15) is 64.9 Å². The number of piperazine rings is 2. The molecule has 294 valence electrons. The number of benzene rings is 2. The molecule has 2 saturated heterocycles. The van der Waals surface area contributed by atoms with Gasteiger partial charge in [-0.15, -0.1) is 0 Å². The van der Waals surface area contributed by atoms with Crippen molar-refractivity contribution in [3.8, 4) is 11.4 Å². The van der Waals surface area contributed by atoms with Crippen molar-refractivity contribution < 1.29 is 23.9 Å². The van der Waals surface area contributed by atoms with Gasteiger partial charge in [-0.2, -0.15) is 10.2 Å². The van der Waals surface area contributed by atoms with Gasteiger partial charge in [0.2, 0.25) is 0 Å². The number of ether oxygens (including phenoxy) is 2. The van der Waals surface area contributed by atoms with Crippen molar-refractivity contribution in [1.82, 2.24) is 39.6 Å². The van der Waals surface area contributed by atoms with Crippen molar-refractivity contribution >= 4 is 41.7 Å². The second kappa shape index (κ2) is 20.3. The third-order valence-corrected chi connectivity index (χ3v) is 8.33. The molecule has 13 nitrogen and oxygen atoms in total. The minimum Gasteiger partial charge on any atom is -0.444 e. The maximum absolute atomic E-state index is 12.2. The largest absolute Gasteiger partial charge is 0.444 e. The summed E-state index contributed by atoms with van der Waals surface area (Å²) in [6.07, 6.45) is 7.43. The van der Waals surface area contributed by atoms with E-state index in [9.17, 15) is 14.4 Å². The standard InChI is InChI=1S/C19H25ClN4O2.C10H7ClN2O.C9H18N2O2.CH4/c1-19(2,3)26-18(25)23-11-9-22(10-12-23)14-15-5-6-16(20)13-17(15)24-8-4-7-21-24;11-9-3-2-8(7-14)10(6-9)13-5-1-4-12-13;1-9(2,3)13-8(12)11-6-4-10-5-7-11;/h4-8,13H,9-12,14H2,1-3H3;1-7H;10H,4-7H2,1-3H3;1H4. The highest BCUT2D eigenvalue weighted by atomic mass is 35.5. The molecule has 0 radical (unpaired) electrons. The number of aldehydes is 1. The van der Waals surface area contributed by atoms with E-state index in [1.54, 1.807) is 57.3 Å². The number of hydrogen-bond acceptors (Lipinski definition) is 9. The van der Waals surface area contributed by atoms with E-state index in [1.807, 2.05) is 76.7 Å². The van der Waals surface area contributed by atoms with Crippen molar-refractivity contribution in [2.24, 2.45) is 0 Å². The van der Waals surface area contributed by atoms with Gasteiger partial charge in [0, 0.05) is 99.3 Å². The van der Waals surface area contributed by atoms with E-state index < -0.39 is 5.60 Å². The van der Waals surface area contributed by atoms with Crippen molar-refractivity contribution in [3.05, 3.63) is 94.5 Å². The van der Waals surface area contributed by atoms with Gasteiger partial charge in [0.1, 0.15) is 11.2 Å². The number of halogens is 2. The summed E-state index contributed by atoms with van der Waals surface area (Å²) in [7, 11) is 0. The molecule has 2 fully saturated rings. The predicted octanol–water partition coefficient (Wildman–Crippen LogP) is 7.38. The molecular formula is C39H54Cl2N8O5. The average Bonchev–Trinajstić information content (AvgIpc) is 3.85. The van der Waals surface area contributed by atoms with Crippen LogP contribution in [0.25, 0.3) is 11.4 Å². The van der Waals surface area contributed by atoms with E-state index in [-0.39, 0.29) is 25.2 Å². The summed E-state index contributed by atoms with van der Waals surface area (Å²) in [5.41, 5.74) is 2.55. The van der Waals surface area contributed by atoms with Crippen LogP contribution in [0.2, 0.25) is 10.0 Å². The van der Waals surface area contributed by atoms with Crippen LogP contribution in [0.5, 0.6) is 0 Å². The highest BCUT2D eigenvalue weighted by molar-refractivity contribution is 6.31. The van der Waals surface area contributed by atoms with Crippen LogP contribution in [0.15, 0.2) is 73.3 Å². The second-order valence-corrected chi connectivity index (χ2v) is 15.3. The van der Waals surface area contributed by atoms with Crippen LogP contribution in [-0.2, 0) is 16.0 Å². The van der Waals surface area contributed by atoms with Crippen LogP contribution < -0.4 is 5.32 Å². The van der Waals surface area contributed by atoms with Crippen LogP contribution in [0.4, 0.5) is 9.59 Å². The molecule has 0 spiro atoms. The molecule has 0 aliphatic carbocycles. The first-order valence-corrected chi connectivity index (χ1v) is 18.3. The fourth-order valence-corrected chi connectivity index (χ4v) is 5.68. The SMILES string of the molecule is C.CC(C)(C)OC(=O)N1CCN(Cc2ccc(Cl)cc2-n2cccn2)CC1.CC(C)(C)OC(=O)N1CCNCC1.O=Cc1ccc(Cl)cc1-n1cccn1. The zero-order chi connectivity index (χ0) is 38.6. The monoisotopic (exact) mass is 784 g/mol. The number of carbonyl (C=O) groups is 3. The summed E-state index contributed by atoms with van der Waals surface area (Å²) >= 11 is 12.0. The molecule has 15 heteroatoms. The summed E-state index contributed by atoms with van der Waals surface area (Å²) in [5.74, 6) is 0. The number of nitrogens with one attached hydrogen (secondary N) is 1. The molecule has 0 unspecified atom stereocenters. The number of amides is 2. The van der Waals surface area contributed by atoms with Gasteiger partial charge in [0.15, 0.2) is 6.29 Å². The van der Waals surface area contributed by atoms with Crippen LogP contribution in [0, 0.1) is 0 Å². The van der Waals surface area contributed by atoms with Gasteiger partial charge < -0.3 is 24.6 Å². The maximum Gasteiger partial charge on any atom is 0.410 e. The molecule has 54 heavy (non-hydrogen) atoms. The quantitative estimate of drug-likeness (QED) is 0.206. The smallest absolute Gasteiger partial charge is 0.410 e. The molecule has 2 aromatic heterocycles. The van der Waals surface area contributed by atoms with Crippen molar-refractivity contribution in [1.29, 1.82) is 0 Å². The van der Waals surface area contributed by atoms with Gasteiger partial charge in [-0.1, -0.05) is 36.7 Å². The third kappa shape index (κ3) is 14.1. The third-order valence-electron chi connectivity index (χ3n) is 7.86. The van der Waals surface area contributed by atoms with E-state index in [0.29, 0.717) is 34.4 Å². The topological polar surface area (TPSA) is 127 Å². The lowest BCUT2D eigenvalue weighted by atomic mass is 10.1. The van der Waals surface area contributed by atoms with E-state index in [0.717, 1.165) is 63.4 Å². The lowest BCUT2D eigenvalue weighted by molar-refractivity contribution is 0.0138. The number of rotatable bonds is 5. The first-order valence-electron chi connectivity index (χ1n) is 17.5. The van der Waals surface area contributed by atoms with Gasteiger partial charge in [-0.05, 0) is 89.6 Å². The van der Waals surface area contributed by atoms with Gasteiger partial charge in [-0.3, -0.25) is 9.69 Å². The molecule has 2 aliphatic rings. The normalized spacial score (nSPS) is 14.7. The summed E-state index contributed by atoms with van der Waals surface area (Å²) in [6.45, 7) is 18.2. The summed E-state index contributed by atoms with van der Waals surface area (Å²) in [4.78, 5) is 40.3. The Kier molecular flexibility index (Phi) is 16.5. The fraction of sp³-hybridized carbons (Fsp3) is 0.462. The molecule has 4 heterocycles. The van der Waals surface area contributed by atoms with Crippen LogP contribution in [0.3, 0.4) is 0 Å². The molecular weight excluding hydrogens is 731 g/mol. The van der Waals surface area contributed by atoms with Crippen LogP contribution >= 0.6 is 23.2 Å². The highest BCUT2D eigenvalue weighted by Gasteiger charge is 2.26.